The van der Waals surface area contributed by atoms with Crippen molar-refractivity contribution in [1.29, 1.82) is 0 Å². The Morgan fingerprint density at radius 3 is 2.83 bits per heavy atom. The Balaban J connectivity index is 2.26. The van der Waals surface area contributed by atoms with Crippen molar-refractivity contribution in [2.75, 3.05) is 13.7 Å². The minimum atomic E-state index is -0.841. The lowest BCUT2D eigenvalue weighted by molar-refractivity contribution is -0.385. The number of ether oxygens (including phenoxy) is 2. The van der Waals surface area contributed by atoms with E-state index in [4.69, 9.17) is 4.74 Å². The molecule has 1 saturated carbocycles. The number of nitrogens with one attached hydrogen (secondary N) is 1. The highest BCUT2D eigenvalue weighted by atomic mass is 16.6. The number of hydrogen-bond acceptors (Lipinski definition) is 6. The summed E-state index contributed by atoms with van der Waals surface area (Å²) < 4.78 is 9.55. The second-order valence-electron chi connectivity index (χ2n) is 5.31. The van der Waals surface area contributed by atoms with Crippen LogP contribution in [-0.4, -0.2) is 30.7 Å². The van der Waals surface area contributed by atoms with E-state index in [0.29, 0.717) is 12.0 Å². The van der Waals surface area contributed by atoms with Crippen molar-refractivity contribution < 1.29 is 24.0 Å². The first-order chi connectivity index (χ1) is 10.9. The van der Waals surface area contributed by atoms with E-state index in [2.05, 4.69) is 10.1 Å². The lowest BCUT2D eigenvalue weighted by Gasteiger charge is -2.19. The molecule has 23 heavy (non-hydrogen) atoms. The number of rotatable bonds is 6. The Hall–Kier alpha value is -2.64. The van der Waals surface area contributed by atoms with Gasteiger partial charge in [0.2, 0.25) is 0 Å². The Bertz CT molecular complexity index is 632. The van der Waals surface area contributed by atoms with Crippen LogP contribution in [0.3, 0.4) is 0 Å². The fourth-order valence-corrected chi connectivity index (χ4v) is 2.71. The van der Waals surface area contributed by atoms with Crippen molar-refractivity contribution in [1.82, 2.24) is 5.32 Å². The first-order valence-corrected chi connectivity index (χ1v) is 7.19. The third-order valence-corrected chi connectivity index (χ3v) is 3.91. The number of nitrogens with zero attached hydrogens (tertiary/aromatic N) is 1. The zero-order valence-corrected chi connectivity index (χ0v) is 12.9. The van der Waals surface area contributed by atoms with Crippen LogP contribution in [0.25, 0.3) is 0 Å². The summed E-state index contributed by atoms with van der Waals surface area (Å²) in [7, 11) is 1.24. The first-order valence-electron chi connectivity index (χ1n) is 7.19. The van der Waals surface area contributed by atoms with Crippen LogP contribution in [0.5, 0.6) is 0 Å². The zero-order chi connectivity index (χ0) is 17.0. The molecule has 1 aromatic carbocycles. The second-order valence-corrected chi connectivity index (χ2v) is 5.31. The molecule has 0 unspecified atom stereocenters. The number of methoxy groups -OCH3 is 1. The Morgan fingerprint density at radius 2 is 2.22 bits per heavy atom. The normalized spacial score (nSPS) is 22.1. The van der Waals surface area contributed by atoms with Crippen molar-refractivity contribution in [3.8, 4) is 0 Å². The molecule has 0 bridgehead atoms. The van der Waals surface area contributed by atoms with Gasteiger partial charge in [0.1, 0.15) is 0 Å². The molecule has 2 atom stereocenters. The molecule has 2 rings (SSSR count). The summed E-state index contributed by atoms with van der Waals surface area (Å²) in [5.74, 6) is -0.556. The maximum Gasteiger partial charge on any atom is 0.407 e. The average molecular weight is 322 g/mol. The van der Waals surface area contributed by atoms with Gasteiger partial charge in [0.05, 0.1) is 30.6 Å². The van der Waals surface area contributed by atoms with E-state index in [0.717, 1.165) is 0 Å². The monoisotopic (exact) mass is 322 g/mol. The van der Waals surface area contributed by atoms with Gasteiger partial charge in [-0.05, 0) is 24.8 Å². The molecule has 0 saturated heterocycles. The van der Waals surface area contributed by atoms with Crippen LogP contribution < -0.4 is 5.32 Å². The van der Waals surface area contributed by atoms with Crippen molar-refractivity contribution in [3.05, 3.63) is 39.9 Å². The van der Waals surface area contributed by atoms with Gasteiger partial charge in [-0.15, -0.1) is 0 Å². The molecule has 0 spiro atoms. The van der Waals surface area contributed by atoms with Crippen LogP contribution in [-0.2, 0) is 19.8 Å². The Morgan fingerprint density at radius 1 is 1.48 bits per heavy atom. The number of benzene rings is 1. The van der Waals surface area contributed by atoms with Gasteiger partial charge in [0.15, 0.2) is 0 Å². The molecule has 1 aliphatic rings. The van der Waals surface area contributed by atoms with Crippen LogP contribution in [0, 0.1) is 16.0 Å². The molecule has 0 heterocycles. The van der Waals surface area contributed by atoms with Crippen LogP contribution in [0.1, 0.15) is 25.3 Å². The van der Waals surface area contributed by atoms with E-state index in [9.17, 15) is 19.7 Å². The van der Waals surface area contributed by atoms with Gasteiger partial charge in [-0.3, -0.25) is 14.9 Å². The van der Waals surface area contributed by atoms with Gasteiger partial charge in [0.25, 0.3) is 5.69 Å². The third kappa shape index (κ3) is 3.58. The number of amides is 1. The van der Waals surface area contributed by atoms with E-state index in [1.165, 1.54) is 19.2 Å². The zero-order valence-electron chi connectivity index (χ0n) is 12.9. The SMILES string of the molecule is CCOC(=O)C[C@H]1C[C@@]1(NC(=O)OC)c1cccc([N+](=O)[O-])c1. The van der Waals surface area contributed by atoms with E-state index in [1.807, 2.05) is 0 Å². The highest BCUT2D eigenvalue weighted by Gasteiger charge is 2.57. The van der Waals surface area contributed by atoms with E-state index >= 15 is 0 Å². The fraction of sp³-hybridized carbons (Fsp3) is 0.467. The van der Waals surface area contributed by atoms with Gasteiger partial charge in [-0.2, -0.15) is 0 Å². The van der Waals surface area contributed by atoms with Gasteiger partial charge in [-0.1, -0.05) is 12.1 Å². The lowest BCUT2D eigenvalue weighted by atomic mass is 10.0. The number of non-ortho nitro benzene ring substituents is 1. The quantitative estimate of drug-likeness (QED) is 0.488. The van der Waals surface area contributed by atoms with Crippen LogP contribution in [0.2, 0.25) is 0 Å². The first kappa shape index (κ1) is 16.7. The summed E-state index contributed by atoms with van der Waals surface area (Å²) in [6, 6.07) is 6.02. The summed E-state index contributed by atoms with van der Waals surface area (Å²) in [5.41, 5.74) is -0.340. The number of nitro benzene ring substituents is 1. The maximum absolute atomic E-state index is 11.7. The predicted octanol–water partition coefficient (Wildman–Crippen LogP) is 2.12. The molecule has 0 aliphatic heterocycles. The second kappa shape index (κ2) is 6.64. The largest absolute Gasteiger partial charge is 0.466 e. The fourth-order valence-electron chi connectivity index (χ4n) is 2.71. The van der Waals surface area contributed by atoms with Gasteiger partial charge in [-0.25, -0.2) is 4.79 Å². The molecule has 1 aliphatic carbocycles. The number of nitro groups is 1. The molecular weight excluding hydrogens is 304 g/mol. The summed E-state index contributed by atoms with van der Waals surface area (Å²) >= 11 is 0. The summed E-state index contributed by atoms with van der Waals surface area (Å²) in [4.78, 5) is 33.7. The number of carbonyl (C=O) groups is 2. The van der Waals surface area contributed by atoms with Crippen molar-refractivity contribution in [3.63, 3.8) is 0 Å². The number of hydrogen-bond donors (Lipinski definition) is 1. The Labute approximate surface area is 132 Å². The van der Waals surface area contributed by atoms with E-state index in [1.54, 1.807) is 19.1 Å². The van der Waals surface area contributed by atoms with Crippen LogP contribution in [0.15, 0.2) is 24.3 Å². The van der Waals surface area contributed by atoms with Gasteiger partial charge >= 0.3 is 12.1 Å². The number of esters is 1. The number of carbonyl (C=O) groups excluding carboxylic acids is 2. The van der Waals surface area contributed by atoms with Crippen molar-refractivity contribution in [2.45, 2.75) is 25.3 Å². The van der Waals surface area contributed by atoms with E-state index < -0.39 is 16.6 Å². The molecule has 1 fully saturated rings. The molecule has 1 amide bonds. The summed E-state index contributed by atoms with van der Waals surface area (Å²) in [5, 5.41) is 13.6. The molecule has 1 N–H and O–H groups in total. The summed E-state index contributed by atoms with van der Waals surface area (Å²) in [6.07, 6.45) is -0.0364. The van der Waals surface area contributed by atoms with Crippen molar-refractivity contribution >= 4 is 17.7 Å². The van der Waals surface area contributed by atoms with Gasteiger partial charge < -0.3 is 14.8 Å². The van der Waals surface area contributed by atoms with Crippen molar-refractivity contribution in [2.24, 2.45) is 5.92 Å². The smallest absolute Gasteiger partial charge is 0.407 e. The highest BCUT2D eigenvalue weighted by Crippen LogP contribution is 2.54. The number of alkyl carbamates (subject to hydrolysis) is 1. The molecular formula is C15H18N2O6. The summed E-state index contributed by atoms with van der Waals surface area (Å²) in [6.45, 7) is 1.99. The standard InChI is InChI=1S/C15H18N2O6/c1-3-23-13(18)8-11-9-15(11,16-14(19)22-2)10-5-4-6-12(7-10)17(20)21/h4-7,11H,3,8-9H2,1-2H3,(H,16,19)/t11-,15+/m0/s1. The topological polar surface area (TPSA) is 108 Å². The van der Waals surface area contributed by atoms with Crippen LogP contribution in [0.4, 0.5) is 10.5 Å². The molecule has 0 radical (unpaired) electrons. The molecule has 8 heteroatoms. The highest BCUT2D eigenvalue weighted by molar-refractivity contribution is 5.73. The molecule has 0 aromatic heterocycles. The minimum absolute atomic E-state index is 0.0738. The molecule has 1 aromatic rings. The molecule has 8 nitrogen and oxygen atoms in total. The average Bonchev–Trinajstić information content (AvgIpc) is 3.20. The predicted molar refractivity (Wildman–Crippen MR) is 79.7 cm³/mol. The van der Waals surface area contributed by atoms with Crippen LogP contribution >= 0.6 is 0 Å². The minimum Gasteiger partial charge on any atom is -0.466 e. The maximum atomic E-state index is 11.7. The third-order valence-electron chi connectivity index (χ3n) is 3.91. The van der Waals surface area contributed by atoms with Gasteiger partial charge in [0, 0.05) is 12.1 Å². The lowest BCUT2D eigenvalue weighted by Crippen LogP contribution is -2.37. The molecule has 124 valence electrons. The van der Waals surface area contributed by atoms with E-state index in [-0.39, 0.29) is 30.6 Å². The Kier molecular flexibility index (Phi) is 4.83.